The molecule has 0 unspecified atom stereocenters. The number of nitrogens with zero attached hydrogens (tertiary/aromatic N) is 2. The van der Waals surface area contributed by atoms with Crippen molar-refractivity contribution in [3.05, 3.63) is 24.2 Å². The molecule has 2 rings (SSSR count). The monoisotopic (exact) mass is 137 g/mol. The summed E-state index contributed by atoms with van der Waals surface area (Å²) in [6, 6.07) is 0. The number of hydrogen-bond donors (Lipinski definition) is 1. The minimum Gasteiger partial charge on any atom is -0.495 e. The van der Waals surface area contributed by atoms with Crippen LogP contribution in [0.5, 0.6) is 0 Å². The van der Waals surface area contributed by atoms with Crippen LogP contribution in [0.4, 0.5) is 0 Å². The molecule has 0 aromatic carbocycles. The van der Waals surface area contributed by atoms with Gasteiger partial charge in [-0.05, 0) is 6.08 Å². The molecule has 4 nitrogen and oxygen atoms in total. The average molecular weight is 137 g/mol. The summed E-state index contributed by atoms with van der Waals surface area (Å²) in [5.74, 6) is 0. The normalized spacial score (nSPS) is 20.8. The molecule has 10 heavy (non-hydrogen) atoms. The van der Waals surface area contributed by atoms with Crippen molar-refractivity contribution in [2.75, 3.05) is 6.61 Å². The second kappa shape index (κ2) is 2.06. The third-order valence-electron chi connectivity index (χ3n) is 1.29. The van der Waals surface area contributed by atoms with Crippen molar-refractivity contribution in [3.63, 3.8) is 0 Å². The number of hydrazine groups is 1. The maximum absolute atomic E-state index is 5.09. The predicted molar refractivity (Wildman–Crippen MR) is 36.6 cm³/mol. The van der Waals surface area contributed by atoms with Crippen molar-refractivity contribution in [1.82, 2.24) is 10.5 Å². The molecular formula is C6H7N3O. The Bertz CT molecular complexity index is 219. The number of ether oxygens (including phenoxy) is 1. The first kappa shape index (κ1) is 5.34. The summed E-state index contributed by atoms with van der Waals surface area (Å²) in [6.45, 7) is 0.621. The predicted octanol–water partition coefficient (Wildman–Crippen LogP) is 0.178. The molecule has 2 aliphatic heterocycles. The highest BCUT2D eigenvalue weighted by Crippen LogP contribution is 2.07. The number of hydrazone groups is 1. The van der Waals surface area contributed by atoms with Crippen LogP contribution in [0.15, 0.2) is 29.3 Å². The first-order valence-corrected chi connectivity index (χ1v) is 3.03. The second-order valence-electron chi connectivity index (χ2n) is 1.99. The van der Waals surface area contributed by atoms with Gasteiger partial charge in [-0.15, -0.1) is 0 Å². The van der Waals surface area contributed by atoms with E-state index in [1.54, 1.807) is 17.5 Å². The molecule has 2 aliphatic rings. The molecule has 0 atom stereocenters. The fraction of sp³-hybridized carbons (Fsp3) is 0.167. The van der Waals surface area contributed by atoms with Crippen LogP contribution in [-0.4, -0.2) is 17.8 Å². The molecule has 0 radical (unpaired) electrons. The summed E-state index contributed by atoms with van der Waals surface area (Å²) in [6.07, 6.45) is 7.16. The highest BCUT2D eigenvalue weighted by molar-refractivity contribution is 5.78. The van der Waals surface area contributed by atoms with Crippen molar-refractivity contribution in [1.29, 1.82) is 0 Å². The van der Waals surface area contributed by atoms with Crippen LogP contribution in [0, 0.1) is 0 Å². The third-order valence-corrected chi connectivity index (χ3v) is 1.29. The number of rotatable bonds is 0. The number of nitrogens with one attached hydrogen (secondary N) is 1. The molecule has 4 heteroatoms. The van der Waals surface area contributed by atoms with Gasteiger partial charge in [-0.1, -0.05) is 0 Å². The Morgan fingerprint density at radius 1 is 1.70 bits per heavy atom. The summed E-state index contributed by atoms with van der Waals surface area (Å²) in [7, 11) is 0. The van der Waals surface area contributed by atoms with Gasteiger partial charge in [-0.2, -0.15) is 5.10 Å². The van der Waals surface area contributed by atoms with E-state index in [9.17, 15) is 0 Å². The van der Waals surface area contributed by atoms with Gasteiger partial charge in [0, 0.05) is 6.20 Å². The van der Waals surface area contributed by atoms with Gasteiger partial charge in [0.2, 0.25) is 0 Å². The van der Waals surface area contributed by atoms with E-state index in [1.807, 2.05) is 12.3 Å². The van der Waals surface area contributed by atoms with Crippen LogP contribution in [0.3, 0.4) is 0 Å². The summed E-state index contributed by atoms with van der Waals surface area (Å²) in [4.78, 5) is 0. The van der Waals surface area contributed by atoms with Gasteiger partial charge >= 0.3 is 0 Å². The van der Waals surface area contributed by atoms with Crippen LogP contribution in [0.25, 0.3) is 0 Å². The van der Waals surface area contributed by atoms with Crippen molar-refractivity contribution in [3.8, 4) is 0 Å². The van der Waals surface area contributed by atoms with Gasteiger partial charge in [-0.25, -0.2) is 10.5 Å². The Morgan fingerprint density at radius 2 is 2.70 bits per heavy atom. The van der Waals surface area contributed by atoms with Crippen molar-refractivity contribution < 1.29 is 4.74 Å². The molecule has 0 fully saturated rings. The number of allylic oxidation sites excluding steroid dienone is 1. The van der Waals surface area contributed by atoms with Gasteiger partial charge in [0.05, 0.1) is 6.21 Å². The molecule has 2 heterocycles. The first-order chi connectivity index (χ1) is 4.97. The summed E-state index contributed by atoms with van der Waals surface area (Å²) >= 11 is 0. The smallest absolute Gasteiger partial charge is 0.118 e. The molecule has 0 spiro atoms. The lowest BCUT2D eigenvalue weighted by atomic mass is 10.5. The van der Waals surface area contributed by atoms with E-state index >= 15 is 0 Å². The van der Waals surface area contributed by atoms with E-state index < -0.39 is 0 Å². The van der Waals surface area contributed by atoms with Crippen LogP contribution in [-0.2, 0) is 4.74 Å². The van der Waals surface area contributed by atoms with Crippen molar-refractivity contribution in [2.24, 2.45) is 5.10 Å². The zero-order chi connectivity index (χ0) is 6.81. The van der Waals surface area contributed by atoms with Gasteiger partial charge in [0.25, 0.3) is 0 Å². The molecular weight excluding hydrogens is 130 g/mol. The van der Waals surface area contributed by atoms with Gasteiger partial charge in [0.1, 0.15) is 18.6 Å². The molecule has 0 aromatic rings. The van der Waals surface area contributed by atoms with Crippen molar-refractivity contribution >= 4 is 6.21 Å². The Balaban J connectivity index is 2.27. The Kier molecular flexibility index (Phi) is 1.10. The lowest BCUT2D eigenvalue weighted by Crippen LogP contribution is -2.21. The Morgan fingerprint density at radius 3 is 3.70 bits per heavy atom. The molecule has 0 amide bonds. The van der Waals surface area contributed by atoms with Gasteiger partial charge in [0.15, 0.2) is 0 Å². The number of fused-ring (bicyclic) bond motifs is 1. The van der Waals surface area contributed by atoms with Crippen LogP contribution >= 0.6 is 0 Å². The maximum atomic E-state index is 5.09. The van der Waals surface area contributed by atoms with E-state index in [2.05, 4.69) is 10.6 Å². The summed E-state index contributed by atoms with van der Waals surface area (Å²) in [5, 5.41) is 5.61. The lowest BCUT2D eigenvalue weighted by Gasteiger charge is -2.09. The fourth-order valence-corrected chi connectivity index (χ4v) is 0.821. The molecule has 0 aliphatic carbocycles. The van der Waals surface area contributed by atoms with E-state index in [4.69, 9.17) is 4.74 Å². The zero-order valence-electron chi connectivity index (χ0n) is 5.32. The standard InChI is InChI=1S/C6H7N3O/c1-2-9-6(4-7-8-9)5-10-3-1/h1-2,4-5,8H,3H2. The Labute approximate surface area is 58.4 Å². The molecule has 0 bridgehead atoms. The minimum atomic E-state index is 0.621. The quantitative estimate of drug-likeness (QED) is 0.517. The van der Waals surface area contributed by atoms with Crippen LogP contribution < -0.4 is 5.53 Å². The first-order valence-electron chi connectivity index (χ1n) is 3.03. The molecule has 1 N–H and O–H groups in total. The SMILES string of the molecule is C1=CN2NN=CC2=COC1. The number of hydrogen-bond acceptors (Lipinski definition) is 4. The van der Waals surface area contributed by atoms with Crippen LogP contribution in [0.2, 0.25) is 0 Å². The Hall–Kier alpha value is -1.45. The largest absolute Gasteiger partial charge is 0.495 e. The van der Waals surface area contributed by atoms with E-state index in [0.717, 1.165) is 5.70 Å². The topological polar surface area (TPSA) is 36.9 Å². The summed E-state index contributed by atoms with van der Waals surface area (Å²) in [5.41, 5.74) is 3.69. The van der Waals surface area contributed by atoms with Gasteiger partial charge < -0.3 is 4.74 Å². The summed E-state index contributed by atoms with van der Waals surface area (Å²) < 4.78 is 5.09. The molecule has 52 valence electrons. The molecule has 0 saturated carbocycles. The fourth-order valence-electron chi connectivity index (χ4n) is 0.821. The van der Waals surface area contributed by atoms with E-state index in [-0.39, 0.29) is 0 Å². The van der Waals surface area contributed by atoms with Crippen molar-refractivity contribution in [2.45, 2.75) is 0 Å². The maximum Gasteiger partial charge on any atom is 0.118 e. The second-order valence-corrected chi connectivity index (χ2v) is 1.99. The third kappa shape index (κ3) is 0.737. The zero-order valence-corrected chi connectivity index (χ0v) is 5.32. The van der Waals surface area contributed by atoms with E-state index in [0.29, 0.717) is 6.61 Å². The molecule has 0 aromatic heterocycles. The molecule has 0 saturated heterocycles. The lowest BCUT2D eigenvalue weighted by molar-refractivity contribution is 0.284. The highest BCUT2D eigenvalue weighted by Gasteiger charge is 2.10. The highest BCUT2D eigenvalue weighted by atomic mass is 16.5. The van der Waals surface area contributed by atoms with Gasteiger partial charge in [-0.3, -0.25) is 0 Å². The van der Waals surface area contributed by atoms with E-state index in [1.165, 1.54) is 0 Å². The minimum absolute atomic E-state index is 0.621. The van der Waals surface area contributed by atoms with Crippen LogP contribution in [0.1, 0.15) is 0 Å². The average Bonchev–Trinajstić information content (AvgIpc) is 2.28.